The molecule has 5 nitrogen and oxygen atoms in total. The lowest BCUT2D eigenvalue weighted by Crippen LogP contribution is -2.64. The highest BCUT2D eigenvalue weighted by Gasteiger charge is 2.67. The zero-order chi connectivity index (χ0) is 21.1. The van der Waals surface area contributed by atoms with Crippen molar-refractivity contribution in [3.8, 4) is 0 Å². The molecule has 0 bridgehead atoms. The number of unbranched alkanes of at least 4 members (excludes halogenated alkanes) is 1. The van der Waals surface area contributed by atoms with Crippen molar-refractivity contribution in [2.75, 3.05) is 0 Å². The molecule has 1 aliphatic carbocycles. The first-order valence-corrected chi connectivity index (χ1v) is 10.2. The molecule has 1 saturated carbocycles. The largest absolute Gasteiger partial charge is 0.442 e. The van der Waals surface area contributed by atoms with E-state index in [1.165, 1.54) is 4.90 Å². The van der Waals surface area contributed by atoms with E-state index in [2.05, 4.69) is 4.99 Å². The smallest absolute Gasteiger partial charge is 0.316 e. The maximum absolute atomic E-state index is 14.2. The van der Waals surface area contributed by atoms with Gasteiger partial charge < -0.3 is 5.32 Å². The van der Waals surface area contributed by atoms with Crippen molar-refractivity contribution in [3.05, 3.63) is 35.9 Å². The maximum Gasteiger partial charge on any atom is 0.442 e. The molecule has 1 aromatic carbocycles. The van der Waals surface area contributed by atoms with Crippen LogP contribution in [-0.4, -0.2) is 40.4 Å². The highest BCUT2D eigenvalue weighted by atomic mass is 19.4. The van der Waals surface area contributed by atoms with E-state index in [-0.39, 0.29) is 18.3 Å². The van der Waals surface area contributed by atoms with E-state index in [9.17, 15) is 22.8 Å². The van der Waals surface area contributed by atoms with Crippen LogP contribution >= 0.6 is 0 Å². The summed E-state index contributed by atoms with van der Waals surface area (Å²) in [5.41, 5.74) is -2.83. The SMILES string of the molecule is CCCCC(=O)NC1(C(F)(F)F)N=C(c2ccccc2)N(C2CCCCC2)C1=O. The molecule has 29 heavy (non-hydrogen) atoms. The van der Waals surface area contributed by atoms with Gasteiger partial charge in [-0.25, -0.2) is 4.99 Å². The molecule has 1 fully saturated rings. The Balaban J connectivity index is 2.06. The Morgan fingerprint density at radius 1 is 1.21 bits per heavy atom. The van der Waals surface area contributed by atoms with Gasteiger partial charge in [-0.15, -0.1) is 0 Å². The van der Waals surface area contributed by atoms with Gasteiger partial charge in [-0.2, -0.15) is 13.2 Å². The zero-order valence-electron chi connectivity index (χ0n) is 16.5. The van der Waals surface area contributed by atoms with Gasteiger partial charge in [0.15, 0.2) is 0 Å². The van der Waals surface area contributed by atoms with Crippen LogP contribution in [0.2, 0.25) is 0 Å². The predicted molar refractivity (Wildman–Crippen MR) is 103 cm³/mol. The van der Waals surface area contributed by atoms with E-state index in [1.807, 2.05) is 12.2 Å². The van der Waals surface area contributed by atoms with Crippen LogP contribution < -0.4 is 5.32 Å². The molecule has 2 amide bonds. The van der Waals surface area contributed by atoms with E-state index in [4.69, 9.17) is 0 Å². The lowest BCUT2D eigenvalue weighted by atomic mass is 9.93. The van der Waals surface area contributed by atoms with E-state index in [0.717, 1.165) is 19.3 Å². The van der Waals surface area contributed by atoms with Gasteiger partial charge in [0.25, 0.3) is 5.91 Å². The van der Waals surface area contributed by atoms with Crippen LogP contribution in [0, 0.1) is 0 Å². The molecule has 1 aromatic rings. The third-order valence-electron chi connectivity index (χ3n) is 5.49. The predicted octanol–water partition coefficient (Wildman–Crippen LogP) is 4.17. The Labute approximate surface area is 168 Å². The van der Waals surface area contributed by atoms with Gasteiger partial charge in [-0.3, -0.25) is 14.5 Å². The molecule has 1 unspecified atom stereocenters. The minimum Gasteiger partial charge on any atom is -0.316 e. The van der Waals surface area contributed by atoms with Gasteiger partial charge in [0.2, 0.25) is 5.91 Å². The third kappa shape index (κ3) is 4.16. The summed E-state index contributed by atoms with van der Waals surface area (Å²) < 4.78 is 42.6. The van der Waals surface area contributed by atoms with Crippen LogP contribution in [0.1, 0.15) is 63.9 Å². The second kappa shape index (κ2) is 8.55. The fourth-order valence-electron chi connectivity index (χ4n) is 3.94. The summed E-state index contributed by atoms with van der Waals surface area (Å²) >= 11 is 0. The molecule has 0 spiro atoms. The maximum atomic E-state index is 14.2. The second-order valence-electron chi connectivity index (χ2n) is 7.63. The van der Waals surface area contributed by atoms with Gasteiger partial charge in [-0.05, 0) is 19.3 Å². The normalized spacial score (nSPS) is 23.2. The summed E-state index contributed by atoms with van der Waals surface area (Å²) in [5, 5.41) is 1.94. The number of nitrogens with one attached hydrogen (secondary N) is 1. The van der Waals surface area contributed by atoms with Crippen LogP contribution in [0.15, 0.2) is 35.3 Å². The van der Waals surface area contributed by atoms with Crippen LogP contribution in [0.5, 0.6) is 0 Å². The average Bonchev–Trinajstić information content (AvgIpc) is 3.01. The average molecular weight is 409 g/mol. The first-order chi connectivity index (χ1) is 13.8. The molecular formula is C21H26F3N3O2. The first-order valence-electron chi connectivity index (χ1n) is 10.2. The monoisotopic (exact) mass is 409 g/mol. The van der Waals surface area contributed by atoms with Crippen molar-refractivity contribution in [1.29, 1.82) is 0 Å². The number of rotatable bonds is 6. The Bertz CT molecular complexity index is 773. The van der Waals surface area contributed by atoms with Gasteiger partial charge in [0.1, 0.15) is 5.84 Å². The first kappa shape index (κ1) is 21.3. The number of nitrogens with zero attached hydrogens (tertiary/aromatic N) is 2. The van der Waals surface area contributed by atoms with Crippen LogP contribution in [0.4, 0.5) is 13.2 Å². The van der Waals surface area contributed by atoms with Gasteiger partial charge >= 0.3 is 11.8 Å². The molecule has 0 aromatic heterocycles. The Morgan fingerprint density at radius 3 is 2.45 bits per heavy atom. The summed E-state index contributed by atoms with van der Waals surface area (Å²) in [6, 6.07) is 8.03. The molecule has 158 valence electrons. The fourth-order valence-corrected chi connectivity index (χ4v) is 3.94. The Morgan fingerprint density at radius 2 is 1.86 bits per heavy atom. The number of carbonyl (C=O) groups is 2. The number of halogens is 3. The van der Waals surface area contributed by atoms with Crippen molar-refractivity contribution in [1.82, 2.24) is 10.2 Å². The van der Waals surface area contributed by atoms with Crippen molar-refractivity contribution >= 4 is 17.6 Å². The molecule has 8 heteroatoms. The van der Waals surface area contributed by atoms with Crippen molar-refractivity contribution < 1.29 is 22.8 Å². The minimum atomic E-state index is -5.05. The van der Waals surface area contributed by atoms with Crippen LogP contribution in [0.3, 0.4) is 0 Å². The second-order valence-corrected chi connectivity index (χ2v) is 7.63. The quantitative estimate of drug-likeness (QED) is 0.767. The van der Waals surface area contributed by atoms with Gasteiger partial charge in [0.05, 0.1) is 0 Å². The van der Waals surface area contributed by atoms with Crippen molar-refractivity contribution in [2.24, 2.45) is 4.99 Å². The number of hydrogen-bond acceptors (Lipinski definition) is 3. The number of hydrogen-bond donors (Lipinski definition) is 1. The summed E-state index contributed by atoms with van der Waals surface area (Å²) in [6.45, 7) is 1.84. The van der Waals surface area contributed by atoms with Crippen LogP contribution in [0.25, 0.3) is 0 Å². The van der Waals surface area contributed by atoms with Gasteiger partial charge in [0, 0.05) is 18.0 Å². The van der Waals surface area contributed by atoms with Crippen molar-refractivity contribution in [2.45, 2.75) is 76.2 Å². The number of amidine groups is 1. The number of benzene rings is 1. The number of alkyl halides is 3. The molecule has 0 radical (unpaired) electrons. The fraction of sp³-hybridized carbons (Fsp3) is 0.571. The molecule has 3 rings (SSSR count). The number of aliphatic imine (C=N–C) groups is 1. The molecule has 1 aliphatic heterocycles. The summed E-state index contributed by atoms with van der Waals surface area (Å²) in [7, 11) is 0. The number of amides is 2. The lowest BCUT2D eigenvalue weighted by molar-refractivity contribution is -0.200. The van der Waals surface area contributed by atoms with E-state index in [1.54, 1.807) is 30.3 Å². The van der Waals surface area contributed by atoms with E-state index in [0.29, 0.717) is 31.2 Å². The zero-order valence-corrected chi connectivity index (χ0v) is 16.5. The topological polar surface area (TPSA) is 61.8 Å². The highest BCUT2D eigenvalue weighted by Crippen LogP contribution is 2.40. The third-order valence-corrected chi connectivity index (χ3v) is 5.49. The van der Waals surface area contributed by atoms with E-state index >= 15 is 0 Å². The van der Waals surface area contributed by atoms with E-state index < -0.39 is 23.7 Å². The van der Waals surface area contributed by atoms with Gasteiger partial charge in [-0.1, -0.05) is 62.9 Å². The highest BCUT2D eigenvalue weighted by molar-refractivity contribution is 6.16. The lowest BCUT2D eigenvalue weighted by Gasteiger charge is -2.34. The summed E-state index contributed by atoms with van der Waals surface area (Å²) in [5.74, 6) is -2.05. The molecule has 1 atom stereocenters. The Kier molecular flexibility index (Phi) is 6.29. The molecule has 0 saturated heterocycles. The minimum absolute atomic E-state index is 0.0179. The Hall–Kier alpha value is -2.38. The molecule has 1 heterocycles. The van der Waals surface area contributed by atoms with Crippen LogP contribution in [-0.2, 0) is 9.59 Å². The summed E-state index contributed by atoms with van der Waals surface area (Å²) in [4.78, 5) is 30.5. The molecular weight excluding hydrogens is 383 g/mol. The standard InChI is InChI=1S/C21H26F3N3O2/c1-2-3-14-17(28)25-20(21(22,23)24)19(29)27(16-12-8-5-9-13-16)18(26-20)15-10-6-4-7-11-15/h4,6-7,10-11,16H,2-3,5,8-9,12-14H2,1H3,(H,25,28). The number of carbonyl (C=O) groups excluding carboxylic acids is 2. The molecule has 1 N–H and O–H groups in total. The summed E-state index contributed by atoms with van der Waals surface area (Å²) in [6.07, 6.45) is -0.102. The van der Waals surface area contributed by atoms with Crippen molar-refractivity contribution in [3.63, 3.8) is 0 Å². The molecule has 2 aliphatic rings.